The molecule has 4 aromatic rings. The van der Waals surface area contributed by atoms with Crippen LogP contribution in [0.3, 0.4) is 0 Å². The van der Waals surface area contributed by atoms with Crippen molar-refractivity contribution < 1.29 is 17.6 Å². The molecule has 1 N–H and O–H groups in total. The van der Waals surface area contributed by atoms with E-state index in [0.29, 0.717) is 28.5 Å². The fraction of sp³-hybridized carbons (Fsp3) is 0.0833. The first-order valence-corrected chi connectivity index (χ1v) is 12.1. The highest BCUT2D eigenvalue weighted by molar-refractivity contribution is 7.94. The Morgan fingerprint density at radius 1 is 1.06 bits per heavy atom. The lowest BCUT2D eigenvalue weighted by molar-refractivity contribution is 0.102. The zero-order chi connectivity index (χ0) is 23.2. The third-order valence-electron chi connectivity index (χ3n) is 5.53. The number of nitrogens with one attached hydrogen (secondary N) is 1. The van der Waals surface area contributed by atoms with Crippen molar-refractivity contribution in [3.8, 4) is 11.3 Å². The van der Waals surface area contributed by atoms with Crippen LogP contribution in [0.25, 0.3) is 22.0 Å². The van der Waals surface area contributed by atoms with E-state index >= 15 is 0 Å². The molecule has 0 saturated carbocycles. The maximum absolute atomic E-state index is 14.6. The molecule has 33 heavy (non-hydrogen) atoms. The lowest BCUT2D eigenvalue weighted by atomic mass is 10.0. The van der Waals surface area contributed by atoms with Gasteiger partial charge in [0.2, 0.25) is 10.0 Å². The number of pyridine rings is 1. The molecular weight excluding hydrogens is 465 g/mol. The second kappa shape index (κ2) is 8.13. The summed E-state index contributed by atoms with van der Waals surface area (Å²) in [6, 6.07) is 18.3. The third-order valence-corrected chi connectivity index (χ3v) is 7.62. The Balaban J connectivity index is 1.44. The van der Waals surface area contributed by atoms with Gasteiger partial charge < -0.3 is 5.32 Å². The lowest BCUT2D eigenvalue weighted by Crippen LogP contribution is -2.47. The van der Waals surface area contributed by atoms with Crippen LogP contribution in [0.4, 0.5) is 15.8 Å². The Morgan fingerprint density at radius 3 is 2.61 bits per heavy atom. The van der Waals surface area contributed by atoms with Crippen molar-refractivity contribution in [2.24, 2.45) is 0 Å². The Morgan fingerprint density at radius 2 is 1.88 bits per heavy atom. The first-order chi connectivity index (χ1) is 15.8. The van der Waals surface area contributed by atoms with Crippen molar-refractivity contribution in [2.75, 3.05) is 21.9 Å². The summed E-state index contributed by atoms with van der Waals surface area (Å²) in [4.78, 5) is 17.2. The van der Waals surface area contributed by atoms with Gasteiger partial charge >= 0.3 is 0 Å². The van der Waals surface area contributed by atoms with Gasteiger partial charge in [-0.1, -0.05) is 35.9 Å². The van der Waals surface area contributed by atoms with Crippen molar-refractivity contribution in [2.45, 2.75) is 0 Å². The molecule has 1 aliphatic heterocycles. The number of halogens is 2. The van der Waals surface area contributed by atoms with Crippen molar-refractivity contribution >= 4 is 49.7 Å². The van der Waals surface area contributed by atoms with Crippen LogP contribution in [0.5, 0.6) is 0 Å². The van der Waals surface area contributed by atoms with Gasteiger partial charge in [0.15, 0.2) is 0 Å². The largest absolute Gasteiger partial charge is 0.322 e. The predicted octanol–water partition coefficient (Wildman–Crippen LogP) is 5.10. The van der Waals surface area contributed by atoms with Crippen LogP contribution >= 0.6 is 11.6 Å². The number of sulfonamides is 1. The number of carbonyl (C=O) groups is 1. The summed E-state index contributed by atoms with van der Waals surface area (Å²) in [7, 11) is -3.38. The van der Waals surface area contributed by atoms with Crippen LogP contribution in [0.2, 0.25) is 5.02 Å². The van der Waals surface area contributed by atoms with E-state index in [1.165, 1.54) is 12.1 Å². The van der Waals surface area contributed by atoms with E-state index in [-0.39, 0.29) is 17.0 Å². The van der Waals surface area contributed by atoms with E-state index in [9.17, 15) is 17.6 Å². The Hall–Kier alpha value is -3.49. The lowest BCUT2D eigenvalue weighted by Gasteiger charge is -2.32. The topological polar surface area (TPSA) is 79.4 Å². The highest BCUT2D eigenvalue weighted by atomic mass is 35.5. The van der Waals surface area contributed by atoms with Gasteiger partial charge in [0.25, 0.3) is 5.91 Å². The molecule has 1 fully saturated rings. The summed E-state index contributed by atoms with van der Waals surface area (Å²) in [6.45, 7) is 0.295. The number of hydrogen-bond donors (Lipinski definition) is 1. The molecule has 9 heteroatoms. The van der Waals surface area contributed by atoms with Gasteiger partial charge in [-0.2, -0.15) is 0 Å². The highest BCUT2D eigenvalue weighted by Crippen LogP contribution is 2.34. The Labute approximate surface area is 194 Å². The molecule has 0 atom stereocenters. The minimum absolute atomic E-state index is 0.0291. The summed E-state index contributed by atoms with van der Waals surface area (Å²) in [5.74, 6) is -1.44. The molecule has 1 saturated heterocycles. The van der Waals surface area contributed by atoms with Gasteiger partial charge in [-0.3, -0.25) is 14.1 Å². The average molecular weight is 482 g/mol. The van der Waals surface area contributed by atoms with Crippen molar-refractivity contribution in [1.29, 1.82) is 0 Å². The van der Waals surface area contributed by atoms with E-state index in [1.54, 1.807) is 24.4 Å². The van der Waals surface area contributed by atoms with Crippen molar-refractivity contribution in [3.63, 3.8) is 0 Å². The number of rotatable bonds is 4. The average Bonchev–Trinajstić information content (AvgIpc) is 2.79. The molecule has 3 aromatic carbocycles. The number of benzene rings is 3. The third kappa shape index (κ3) is 3.92. The van der Waals surface area contributed by atoms with Gasteiger partial charge in [-0.05, 0) is 47.9 Å². The second-order valence-electron chi connectivity index (χ2n) is 7.58. The monoisotopic (exact) mass is 481 g/mol. The van der Waals surface area contributed by atoms with Gasteiger partial charge in [0, 0.05) is 29.4 Å². The predicted molar refractivity (Wildman–Crippen MR) is 128 cm³/mol. The van der Waals surface area contributed by atoms with Crippen LogP contribution in [0.1, 0.15) is 10.4 Å². The van der Waals surface area contributed by atoms with Gasteiger partial charge in [-0.15, -0.1) is 0 Å². The van der Waals surface area contributed by atoms with Crippen molar-refractivity contribution in [3.05, 3.63) is 89.3 Å². The quantitative estimate of drug-likeness (QED) is 0.440. The van der Waals surface area contributed by atoms with Crippen LogP contribution < -0.4 is 9.62 Å². The summed E-state index contributed by atoms with van der Waals surface area (Å²) in [6.07, 6.45) is 1.69. The van der Waals surface area contributed by atoms with Crippen molar-refractivity contribution in [1.82, 2.24) is 4.98 Å². The molecular formula is C24H17ClFN3O3S. The number of fused-ring (bicyclic) bond motifs is 1. The van der Waals surface area contributed by atoms with Crippen LogP contribution in [-0.2, 0) is 10.0 Å². The zero-order valence-corrected chi connectivity index (χ0v) is 18.7. The normalized spacial score (nSPS) is 14.7. The minimum Gasteiger partial charge on any atom is -0.322 e. The van der Waals surface area contributed by atoms with Gasteiger partial charge in [-0.25, -0.2) is 12.8 Å². The van der Waals surface area contributed by atoms with Crippen LogP contribution in [-0.4, -0.2) is 31.6 Å². The fourth-order valence-corrected chi connectivity index (χ4v) is 5.09. The first kappa shape index (κ1) is 21.4. The summed E-state index contributed by atoms with van der Waals surface area (Å²) in [5, 5.41) is 5.05. The highest BCUT2D eigenvalue weighted by Gasteiger charge is 2.33. The smallest absolute Gasteiger partial charge is 0.258 e. The Bertz CT molecular complexity index is 1520. The molecule has 0 unspecified atom stereocenters. The molecule has 0 radical (unpaired) electrons. The number of anilines is 2. The molecule has 5 rings (SSSR count). The van der Waals surface area contributed by atoms with E-state index in [4.69, 9.17) is 11.6 Å². The summed E-state index contributed by atoms with van der Waals surface area (Å²) >= 11 is 6.43. The number of nitrogens with zero attached hydrogens (tertiary/aromatic N) is 2. The molecule has 1 aromatic heterocycles. The number of hydrogen-bond acceptors (Lipinski definition) is 4. The molecule has 0 bridgehead atoms. The van der Waals surface area contributed by atoms with Crippen LogP contribution in [0, 0.1) is 5.82 Å². The summed E-state index contributed by atoms with van der Waals surface area (Å²) in [5.41, 5.74) is 1.72. The second-order valence-corrected chi connectivity index (χ2v) is 10.0. The van der Waals surface area contributed by atoms with E-state index in [2.05, 4.69) is 10.3 Å². The number of carbonyl (C=O) groups excluding carboxylic acids is 1. The van der Waals surface area contributed by atoms with Gasteiger partial charge in [0.05, 0.1) is 27.7 Å². The van der Waals surface area contributed by atoms with E-state index < -0.39 is 21.7 Å². The molecule has 6 nitrogen and oxygen atoms in total. The maximum Gasteiger partial charge on any atom is 0.258 e. The zero-order valence-electron chi connectivity index (χ0n) is 17.1. The van der Waals surface area contributed by atoms with Gasteiger partial charge in [0.1, 0.15) is 5.82 Å². The molecule has 166 valence electrons. The van der Waals surface area contributed by atoms with Crippen LogP contribution in [0.15, 0.2) is 72.9 Å². The molecule has 0 aliphatic carbocycles. The van der Waals surface area contributed by atoms with E-state index in [1.807, 2.05) is 30.3 Å². The molecule has 1 amide bonds. The Kier molecular flexibility index (Phi) is 5.26. The SMILES string of the molecule is O=C(Nc1ccc(Cl)c(-c2nccc3ccccc23)c1)c1ccc(N2CCS2(=O)=O)cc1F. The van der Waals surface area contributed by atoms with E-state index in [0.717, 1.165) is 21.1 Å². The standard InChI is InChI=1S/C24H17ClFN3O3S/c25-21-8-5-16(13-20(21)23-18-4-2-1-3-15(18)9-10-27-23)28-24(30)19-7-6-17(14-22(19)26)29-11-12-33(29,31)32/h1-10,13-14H,11-12H2,(H,28,30). The molecule has 1 aliphatic rings. The fourth-order valence-electron chi connectivity index (χ4n) is 3.78. The molecule has 2 heterocycles. The minimum atomic E-state index is -3.38. The molecule has 0 spiro atoms. The number of amides is 1. The summed E-state index contributed by atoms with van der Waals surface area (Å²) < 4.78 is 39.3. The number of aromatic nitrogens is 1. The first-order valence-electron chi connectivity index (χ1n) is 10.1. The maximum atomic E-state index is 14.6.